The van der Waals surface area contributed by atoms with Gasteiger partial charge in [-0.15, -0.1) is 0 Å². The first-order valence-corrected chi connectivity index (χ1v) is 3.64. The third kappa shape index (κ3) is 0.578. The molecule has 3 rings (SSSR count). The smallest absolute Gasteiger partial charge is 0.0476 e. The van der Waals surface area contributed by atoms with Crippen molar-refractivity contribution in [3.05, 3.63) is 0 Å². The molecule has 9 heavy (non-hydrogen) atoms. The molecule has 0 aromatic carbocycles. The summed E-state index contributed by atoms with van der Waals surface area (Å²) in [4.78, 5) is 0. The lowest BCUT2D eigenvalue weighted by Gasteiger charge is -2.37. The second kappa shape index (κ2) is 1.50. The Morgan fingerprint density at radius 3 is 2.44 bits per heavy atom. The van der Waals surface area contributed by atoms with E-state index in [1.165, 1.54) is 6.42 Å². The van der Waals surface area contributed by atoms with Crippen LogP contribution in [0.15, 0.2) is 0 Å². The Hall–Kier alpha value is -0.0800. The predicted octanol–water partition coefficient (Wildman–Crippen LogP) is 0.106. The predicted molar refractivity (Wildman–Crippen MR) is 34.8 cm³/mol. The van der Waals surface area contributed by atoms with Crippen LogP contribution in [-0.2, 0) is 0 Å². The largest absolute Gasteiger partial charge is 0.396 e. The van der Waals surface area contributed by atoms with Gasteiger partial charge in [0.1, 0.15) is 0 Å². The minimum Gasteiger partial charge on any atom is -0.396 e. The van der Waals surface area contributed by atoms with Gasteiger partial charge in [-0.05, 0) is 25.2 Å². The molecule has 3 saturated carbocycles. The van der Waals surface area contributed by atoms with E-state index in [1.807, 2.05) is 0 Å². The fraction of sp³-hybridized carbons (Fsp3) is 1.00. The fourth-order valence-corrected chi connectivity index (χ4v) is 2.41. The van der Waals surface area contributed by atoms with Crippen molar-refractivity contribution in [1.29, 1.82) is 0 Å². The molecule has 0 radical (unpaired) electrons. The van der Waals surface area contributed by atoms with Crippen molar-refractivity contribution in [2.75, 3.05) is 6.61 Å². The zero-order valence-electron chi connectivity index (χ0n) is 5.51. The fourth-order valence-electron chi connectivity index (χ4n) is 2.41. The molecule has 2 heteroatoms. The van der Waals surface area contributed by atoms with Gasteiger partial charge in [-0.3, -0.25) is 0 Å². The van der Waals surface area contributed by atoms with Crippen LogP contribution in [0, 0.1) is 11.8 Å². The highest BCUT2D eigenvalue weighted by molar-refractivity contribution is 5.10. The van der Waals surface area contributed by atoms with Crippen LogP contribution in [0.3, 0.4) is 0 Å². The molecule has 2 nitrogen and oxygen atoms in total. The van der Waals surface area contributed by atoms with Crippen molar-refractivity contribution < 1.29 is 5.11 Å². The molecule has 0 amide bonds. The maximum absolute atomic E-state index is 8.85. The molecule has 52 valence electrons. The lowest BCUT2D eigenvalue weighted by atomic mass is 9.75. The van der Waals surface area contributed by atoms with Gasteiger partial charge in [0.05, 0.1) is 0 Å². The SMILES string of the molecule is NC12CC(CC1CO)C2. The van der Waals surface area contributed by atoms with Gasteiger partial charge in [0.2, 0.25) is 0 Å². The Kier molecular flexibility index (Phi) is 0.945. The zero-order valence-corrected chi connectivity index (χ0v) is 5.51. The van der Waals surface area contributed by atoms with Crippen molar-refractivity contribution in [2.24, 2.45) is 17.6 Å². The molecule has 0 spiro atoms. The van der Waals surface area contributed by atoms with Crippen LogP contribution in [0.5, 0.6) is 0 Å². The Balaban J connectivity index is 2.11. The van der Waals surface area contributed by atoms with E-state index in [0.29, 0.717) is 12.5 Å². The molecular formula is C7H13NO. The van der Waals surface area contributed by atoms with E-state index in [9.17, 15) is 0 Å². The lowest BCUT2D eigenvalue weighted by Crippen LogP contribution is -2.49. The number of rotatable bonds is 1. The van der Waals surface area contributed by atoms with Crippen LogP contribution in [0.2, 0.25) is 0 Å². The number of hydrogen-bond acceptors (Lipinski definition) is 2. The van der Waals surface area contributed by atoms with Crippen LogP contribution >= 0.6 is 0 Å². The minimum absolute atomic E-state index is 0.0550. The quantitative estimate of drug-likeness (QED) is 0.525. The zero-order chi connectivity index (χ0) is 6.48. The first-order valence-electron chi connectivity index (χ1n) is 3.64. The van der Waals surface area contributed by atoms with Gasteiger partial charge in [0, 0.05) is 18.1 Å². The molecule has 3 aliphatic carbocycles. The van der Waals surface area contributed by atoms with E-state index in [4.69, 9.17) is 10.8 Å². The molecule has 0 aromatic heterocycles. The Labute approximate surface area is 55.1 Å². The molecule has 0 saturated heterocycles. The van der Waals surface area contributed by atoms with Crippen molar-refractivity contribution in [3.8, 4) is 0 Å². The maximum Gasteiger partial charge on any atom is 0.0476 e. The van der Waals surface area contributed by atoms with Gasteiger partial charge in [-0.25, -0.2) is 0 Å². The van der Waals surface area contributed by atoms with Gasteiger partial charge in [-0.1, -0.05) is 0 Å². The van der Waals surface area contributed by atoms with E-state index < -0.39 is 0 Å². The normalized spacial score (nSPS) is 55.3. The first-order chi connectivity index (χ1) is 4.24. The van der Waals surface area contributed by atoms with Gasteiger partial charge in [0.25, 0.3) is 0 Å². The second-order valence-electron chi connectivity index (χ2n) is 3.62. The maximum atomic E-state index is 8.85. The van der Waals surface area contributed by atoms with Gasteiger partial charge in [-0.2, -0.15) is 0 Å². The lowest BCUT2D eigenvalue weighted by molar-refractivity contribution is 0.155. The van der Waals surface area contributed by atoms with E-state index in [2.05, 4.69) is 0 Å². The summed E-state index contributed by atoms with van der Waals surface area (Å²) >= 11 is 0. The average Bonchev–Trinajstić information content (AvgIpc) is 2.18. The number of nitrogens with two attached hydrogens (primary N) is 1. The summed E-state index contributed by atoms with van der Waals surface area (Å²) in [7, 11) is 0. The van der Waals surface area contributed by atoms with Crippen LogP contribution in [-0.4, -0.2) is 17.3 Å². The highest BCUT2D eigenvalue weighted by atomic mass is 16.3. The first kappa shape index (κ1) is 5.69. The van der Waals surface area contributed by atoms with Crippen LogP contribution < -0.4 is 5.73 Å². The van der Waals surface area contributed by atoms with Crippen LogP contribution in [0.4, 0.5) is 0 Å². The number of hydrogen-bond donors (Lipinski definition) is 2. The summed E-state index contributed by atoms with van der Waals surface area (Å²) in [6.45, 7) is 0.299. The number of aliphatic hydroxyl groups is 1. The van der Waals surface area contributed by atoms with E-state index in [-0.39, 0.29) is 5.54 Å². The number of fused-ring (bicyclic) bond motifs is 1. The summed E-state index contributed by atoms with van der Waals surface area (Å²) < 4.78 is 0. The molecule has 3 fully saturated rings. The summed E-state index contributed by atoms with van der Waals surface area (Å²) in [5.74, 6) is 1.27. The summed E-state index contributed by atoms with van der Waals surface area (Å²) in [6, 6.07) is 0. The highest BCUT2D eigenvalue weighted by Gasteiger charge is 2.54. The molecule has 0 aromatic rings. The molecule has 3 aliphatic rings. The number of aliphatic hydroxyl groups excluding tert-OH is 1. The molecule has 1 unspecified atom stereocenters. The van der Waals surface area contributed by atoms with E-state index >= 15 is 0 Å². The molecular weight excluding hydrogens is 114 g/mol. The Morgan fingerprint density at radius 1 is 1.56 bits per heavy atom. The molecule has 0 aliphatic heterocycles. The second-order valence-corrected chi connectivity index (χ2v) is 3.62. The van der Waals surface area contributed by atoms with Crippen molar-refractivity contribution in [2.45, 2.75) is 24.8 Å². The molecule has 0 heterocycles. The summed E-state index contributed by atoms with van der Waals surface area (Å²) in [5.41, 5.74) is 5.99. The summed E-state index contributed by atoms with van der Waals surface area (Å²) in [5, 5.41) is 8.85. The van der Waals surface area contributed by atoms with Crippen molar-refractivity contribution >= 4 is 0 Å². The third-order valence-corrected chi connectivity index (χ3v) is 2.99. The van der Waals surface area contributed by atoms with Gasteiger partial charge >= 0.3 is 0 Å². The van der Waals surface area contributed by atoms with Gasteiger partial charge in [0.15, 0.2) is 0 Å². The standard InChI is InChI=1S/C7H13NO/c8-7-2-5(3-7)1-6(7)4-9/h5-6,9H,1-4,8H2. The average molecular weight is 127 g/mol. The minimum atomic E-state index is 0.0550. The molecule has 2 bridgehead atoms. The van der Waals surface area contributed by atoms with Gasteiger partial charge < -0.3 is 10.8 Å². The highest BCUT2D eigenvalue weighted by Crippen LogP contribution is 2.53. The summed E-state index contributed by atoms with van der Waals surface area (Å²) in [6.07, 6.45) is 3.50. The molecule has 1 atom stereocenters. The van der Waals surface area contributed by atoms with E-state index in [1.54, 1.807) is 0 Å². The van der Waals surface area contributed by atoms with Crippen LogP contribution in [0.1, 0.15) is 19.3 Å². The Bertz CT molecular complexity index is 129. The monoisotopic (exact) mass is 127 g/mol. The Morgan fingerprint density at radius 2 is 2.22 bits per heavy atom. The van der Waals surface area contributed by atoms with E-state index in [0.717, 1.165) is 18.8 Å². The van der Waals surface area contributed by atoms with Crippen molar-refractivity contribution in [1.82, 2.24) is 0 Å². The third-order valence-electron chi connectivity index (χ3n) is 2.99. The molecule has 3 N–H and O–H groups in total. The topological polar surface area (TPSA) is 46.2 Å². The van der Waals surface area contributed by atoms with Crippen molar-refractivity contribution in [3.63, 3.8) is 0 Å². The van der Waals surface area contributed by atoms with Crippen LogP contribution in [0.25, 0.3) is 0 Å².